The van der Waals surface area contributed by atoms with Gasteiger partial charge < -0.3 is 5.32 Å². The minimum atomic E-state index is -1.03. The van der Waals surface area contributed by atoms with Crippen LogP contribution in [0.15, 0.2) is 18.2 Å². The fourth-order valence-electron chi connectivity index (χ4n) is 1.32. The SMILES string of the molecule is CC(C)(CCCl)NC(=O)c1ccc(F)c(F)c1. The van der Waals surface area contributed by atoms with E-state index in [4.69, 9.17) is 11.6 Å². The van der Waals surface area contributed by atoms with Gasteiger partial charge in [0.2, 0.25) is 0 Å². The Morgan fingerprint density at radius 3 is 2.53 bits per heavy atom. The number of hydrogen-bond donors (Lipinski definition) is 1. The highest BCUT2D eigenvalue weighted by Gasteiger charge is 2.21. The fraction of sp³-hybridized carbons (Fsp3) is 0.417. The van der Waals surface area contributed by atoms with Crippen LogP contribution in [0.2, 0.25) is 0 Å². The lowest BCUT2D eigenvalue weighted by Gasteiger charge is -2.25. The van der Waals surface area contributed by atoms with Gasteiger partial charge in [0.1, 0.15) is 0 Å². The van der Waals surface area contributed by atoms with E-state index in [1.807, 2.05) is 13.8 Å². The second kappa shape index (κ2) is 5.45. The van der Waals surface area contributed by atoms with E-state index in [0.717, 1.165) is 12.1 Å². The van der Waals surface area contributed by atoms with E-state index in [2.05, 4.69) is 5.32 Å². The van der Waals surface area contributed by atoms with Crippen molar-refractivity contribution in [1.82, 2.24) is 5.32 Å². The van der Waals surface area contributed by atoms with Crippen molar-refractivity contribution in [3.05, 3.63) is 35.4 Å². The molecule has 0 aliphatic carbocycles. The maximum absolute atomic E-state index is 12.9. The summed E-state index contributed by atoms with van der Waals surface area (Å²) in [4.78, 5) is 11.8. The molecule has 0 aliphatic rings. The van der Waals surface area contributed by atoms with Gasteiger partial charge >= 0.3 is 0 Å². The fourth-order valence-corrected chi connectivity index (χ4v) is 1.79. The molecule has 0 saturated heterocycles. The molecule has 1 amide bonds. The van der Waals surface area contributed by atoms with Gasteiger partial charge in [-0.2, -0.15) is 0 Å². The molecule has 5 heteroatoms. The first-order valence-corrected chi connectivity index (χ1v) is 5.73. The Morgan fingerprint density at radius 1 is 1.35 bits per heavy atom. The minimum absolute atomic E-state index is 0.0894. The molecule has 0 radical (unpaired) electrons. The molecule has 0 spiro atoms. The first-order chi connectivity index (χ1) is 7.85. The van der Waals surface area contributed by atoms with Crippen LogP contribution in [0.4, 0.5) is 8.78 Å². The lowest BCUT2D eigenvalue weighted by molar-refractivity contribution is 0.0911. The topological polar surface area (TPSA) is 29.1 Å². The maximum atomic E-state index is 12.9. The standard InChI is InChI=1S/C12H14ClF2NO/c1-12(2,5-6-13)16-11(17)8-3-4-9(14)10(15)7-8/h3-4,7H,5-6H2,1-2H3,(H,16,17). The second-order valence-electron chi connectivity index (χ2n) is 4.41. The lowest BCUT2D eigenvalue weighted by Crippen LogP contribution is -2.43. The van der Waals surface area contributed by atoms with Crippen molar-refractivity contribution in [3.8, 4) is 0 Å². The first kappa shape index (κ1) is 13.9. The zero-order valence-corrected chi connectivity index (χ0v) is 10.4. The van der Waals surface area contributed by atoms with Gasteiger partial charge in [-0.3, -0.25) is 4.79 Å². The molecule has 0 aliphatic heterocycles. The predicted molar refractivity (Wildman–Crippen MR) is 63.2 cm³/mol. The molecule has 0 saturated carbocycles. The highest BCUT2D eigenvalue weighted by molar-refractivity contribution is 6.17. The Kier molecular flexibility index (Phi) is 4.46. The average molecular weight is 262 g/mol. The largest absolute Gasteiger partial charge is 0.347 e. The second-order valence-corrected chi connectivity index (χ2v) is 4.78. The normalized spacial score (nSPS) is 11.4. The molecule has 1 aromatic rings. The van der Waals surface area contributed by atoms with Gasteiger partial charge in [-0.05, 0) is 38.5 Å². The number of carbonyl (C=O) groups is 1. The van der Waals surface area contributed by atoms with Crippen molar-refractivity contribution in [2.24, 2.45) is 0 Å². The molecule has 17 heavy (non-hydrogen) atoms. The highest BCUT2D eigenvalue weighted by Crippen LogP contribution is 2.13. The summed E-state index contributed by atoms with van der Waals surface area (Å²) in [7, 11) is 0. The average Bonchev–Trinajstić information content (AvgIpc) is 2.21. The van der Waals surface area contributed by atoms with E-state index in [9.17, 15) is 13.6 Å². The summed E-state index contributed by atoms with van der Waals surface area (Å²) >= 11 is 5.60. The molecule has 0 heterocycles. The summed E-state index contributed by atoms with van der Waals surface area (Å²) in [6.45, 7) is 3.63. The molecule has 0 aromatic heterocycles. The van der Waals surface area contributed by atoms with Crippen molar-refractivity contribution in [1.29, 1.82) is 0 Å². The zero-order chi connectivity index (χ0) is 13.1. The molecular weight excluding hydrogens is 248 g/mol. The van der Waals surface area contributed by atoms with Crippen molar-refractivity contribution in [2.75, 3.05) is 5.88 Å². The van der Waals surface area contributed by atoms with Crippen molar-refractivity contribution < 1.29 is 13.6 Å². The molecule has 1 rings (SSSR count). The van der Waals surface area contributed by atoms with Crippen LogP contribution >= 0.6 is 11.6 Å². The van der Waals surface area contributed by atoms with Gasteiger partial charge in [-0.1, -0.05) is 0 Å². The van der Waals surface area contributed by atoms with E-state index in [-0.39, 0.29) is 5.56 Å². The molecule has 1 aromatic carbocycles. The Morgan fingerprint density at radius 2 is 2.00 bits per heavy atom. The molecule has 0 atom stereocenters. The van der Waals surface area contributed by atoms with Crippen LogP contribution in [0.1, 0.15) is 30.6 Å². The van der Waals surface area contributed by atoms with Gasteiger partial charge in [-0.15, -0.1) is 11.6 Å². The number of halogens is 3. The third kappa shape index (κ3) is 3.97. The van der Waals surface area contributed by atoms with E-state index >= 15 is 0 Å². The molecule has 0 bridgehead atoms. The summed E-state index contributed by atoms with van der Waals surface area (Å²) in [5, 5.41) is 2.71. The quantitative estimate of drug-likeness (QED) is 0.829. The van der Waals surface area contributed by atoms with E-state index in [0.29, 0.717) is 12.3 Å². The van der Waals surface area contributed by atoms with Gasteiger partial charge in [0.05, 0.1) is 0 Å². The zero-order valence-electron chi connectivity index (χ0n) is 9.69. The van der Waals surface area contributed by atoms with Crippen LogP contribution < -0.4 is 5.32 Å². The minimum Gasteiger partial charge on any atom is -0.347 e. The van der Waals surface area contributed by atoms with Crippen LogP contribution in [0.5, 0.6) is 0 Å². The van der Waals surface area contributed by atoms with Gasteiger partial charge in [-0.25, -0.2) is 8.78 Å². The highest BCUT2D eigenvalue weighted by atomic mass is 35.5. The van der Waals surface area contributed by atoms with Crippen LogP contribution in [0, 0.1) is 11.6 Å². The summed E-state index contributed by atoms with van der Waals surface area (Å²) in [5.41, 5.74) is -0.393. The number of carbonyl (C=O) groups excluding carboxylic acids is 1. The monoisotopic (exact) mass is 261 g/mol. The van der Waals surface area contributed by atoms with Gasteiger partial charge in [0.25, 0.3) is 5.91 Å². The predicted octanol–water partition coefficient (Wildman–Crippen LogP) is 3.10. The Balaban J connectivity index is 2.80. The number of rotatable bonds is 4. The number of hydrogen-bond acceptors (Lipinski definition) is 1. The van der Waals surface area contributed by atoms with Crippen molar-refractivity contribution >= 4 is 17.5 Å². The first-order valence-electron chi connectivity index (χ1n) is 5.19. The van der Waals surface area contributed by atoms with Gasteiger partial charge in [0.15, 0.2) is 11.6 Å². The molecular formula is C12H14ClF2NO. The smallest absolute Gasteiger partial charge is 0.251 e. The van der Waals surface area contributed by atoms with Crippen molar-refractivity contribution in [3.63, 3.8) is 0 Å². The van der Waals surface area contributed by atoms with E-state index < -0.39 is 23.1 Å². The van der Waals surface area contributed by atoms with Gasteiger partial charge in [0, 0.05) is 17.0 Å². The Hall–Kier alpha value is -1.16. The Labute approximate surface area is 104 Å². The van der Waals surface area contributed by atoms with Crippen LogP contribution in [0.3, 0.4) is 0 Å². The van der Waals surface area contributed by atoms with Crippen LogP contribution in [-0.4, -0.2) is 17.3 Å². The molecule has 2 nitrogen and oxygen atoms in total. The summed E-state index contributed by atoms with van der Waals surface area (Å²) < 4.78 is 25.6. The summed E-state index contributed by atoms with van der Waals surface area (Å²) in [5.74, 6) is -2.04. The summed E-state index contributed by atoms with van der Waals surface area (Å²) in [6.07, 6.45) is 0.587. The third-order valence-electron chi connectivity index (χ3n) is 2.35. The van der Waals surface area contributed by atoms with E-state index in [1.165, 1.54) is 6.07 Å². The Bertz CT molecular complexity index is 421. The molecule has 1 N–H and O–H groups in total. The molecule has 0 unspecified atom stereocenters. The van der Waals surface area contributed by atoms with Crippen LogP contribution in [-0.2, 0) is 0 Å². The third-order valence-corrected chi connectivity index (χ3v) is 2.54. The van der Waals surface area contributed by atoms with Crippen LogP contribution in [0.25, 0.3) is 0 Å². The summed E-state index contributed by atoms with van der Waals surface area (Å²) in [6, 6.07) is 3.05. The van der Waals surface area contributed by atoms with E-state index in [1.54, 1.807) is 0 Å². The molecule has 94 valence electrons. The molecule has 0 fully saturated rings. The lowest BCUT2D eigenvalue weighted by atomic mass is 10.0. The maximum Gasteiger partial charge on any atom is 0.251 e. The number of amides is 1. The number of nitrogens with one attached hydrogen (secondary N) is 1. The number of alkyl halides is 1. The number of benzene rings is 1. The van der Waals surface area contributed by atoms with Crippen molar-refractivity contribution in [2.45, 2.75) is 25.8 Å².